The summed E-state index contributed by atoms with van der Waals surface area (Å²) in [5.74, 6) is 0.848. The zero-order valence-corrected chi connectivity index (χ0v) is 10.7. The number of hydrogen-bond donors (Lipinski definition) is 1. The van der Waals surface area contributed by atoms with Crippen LogP contribution >= 0.6 is 0 Å². The highest BCUT2D eigenvalue weighted by Gasteiger charge is 2.02. The summed E-state index contributed by atoms with van der Waals surface area (Å²) < 4.78 is 1.96. The first kappa shape index (κ1) is 11.7. The van der Waals surface area contributed by atoms with Crippen LogP contribution in [0.25, 0.3) is 5.65 Å². The molecule has 96 valence electrons. The predicted octanol–water partition coefficient (Wildman–Crippen LogP) is 2.77. The smallest absolute Gasteiger partial charge is 0.180 e. The second kappa shape index (κ2) is 5.52. The predicted molar refractivity (Wildman–Crippen MR) is 76.2 cm³/mol. The fraction of sp³-hybridized carbons (Fsp3) is 0.200. The number of benzene rings is 1. The number of anilines is 1. The highest BCUT2D eigenvalue weighted by molar-refractivity contribution is 5.61. The molecule has 0 aliphatic rings. The molecular formula is C15H16N4. The number of nitrogens with zero attached hydrogens (tertiary/aromatic N) is 3. The molecule has 19 heavy (non-hydrogen) atoms. The topological polar surface area (TPSA) is 42.2 Å². The third kappa shape index (κ3) is 2.73. The first-order valence-corrected chi connectivity index (χ1v) is 6.49. The molecule has 1 aromatic carbocycles. The van der Waals surface area contributed by atoms with Gasteiger partial charge in [-0.15, -0.1) is 0 Å². The second-order valence-electron chi connectivity index (χ2n) is 4.45. The molecule has 0 fully saturated rings. The van der Waals surface area contributed by atoms with Crippen molar-refractivity contribution in [3.05, 3.63) is 60.7 Å². The first-order valence-electron chi connectivity index (χ1n) is 6.49. The van der Waals surface area contributed by atoms with Crippen LogP contribution < -0.4 is 5.32 Å². The maximum absolute atomic E-state index is 4.33. The molecule has 3 aromatic rings. The number of fused-ring (bicyclic) bond motifs is 1. The number of hydrogen-bond acceptors (Lipinski definition) is 3. The Labute approximate surface area is 112 Å². The first-order chi connectivity index (χ1) is 9.43. The van der Waals surface area contributed by atoms with Gasteiger partial charge in [0.25, 0.3) is 0 Å². The average Bonchev–Trinajstić information content (AvgIpc) is 2.94. The Morgan fingerprint density at radius 2 is 1.79 bits per heavy atom. The van der Waals surface area contributed by atoms with Crippen molar-refractivity contribution < 1.29 is 0 Å². The lowest BCUT2D eigenvalue weighted by Crippen LogP contribution is -2.06. The van der Waals surface area contributed by atoms with Crippen LogP contribution in [0.5, 0.6) is 0 Å². The van der Waals surface area contributed by atoms with Crippen molar-refractivity contribution in [2.75, 3.05) is 11.9 Å². The molecule has 0 saturated heterocycles. The molecule has 0 radical (unpaired) electrons. The van der Waals surface area contributed by atoms with Gasteiger partial charge in [0.15, 0.2) is 11.5 Å². The van der Waals surface area contributed by atoms with E-state index in [1.807, 2.05) is 22.9 Å². The van der Waals surface area contributed by atoms with Crippen LogP contribution in [0.3, 0.4) is 0 Å². The molecule has 0 spiro atoms. The van der Waals surface area contributed by atoms with Gasteiger partial charge < -0.3 is 9.72 Å². The molecule has 0 aliphatic carbocycles. The summed E-state index contributed by atoms with van der Waals surface area (Å²) in [5.41, 5.74) is 2.25. The minimum Gasteiger partial charge on any atom is -0.367 e. The molecule has 2 heterocycles. The molecule has 3 rings (SSSR count). The molecule has 4 nitrogen and oxygen atoms in total. The van der Waals surface area contributed by atoms with Gasteiger partial charge in [0, 0.05) is 31.3 Å². The van der Waals surface area contributed by atoms with Gasteiger partial charge in [0.1, 0.15) is 0 Å². The maximum Gasteiger partial charge on any atom is 0.180 e. The van der Waals surface area contributed by atoms with Gasteiger partial charge in [-0.3, -0.25) is 0 Å². The van der Waals surface area contributed by atoms with Gasteiger partial charge >= 0.3 is 0 Å². The lowest BCUT2D eigenvalue weighted by molar-refractivity contribution is 0.858. The quantitative estimate of drug-likeness (QED) is 0.710. The number of aromatic nitrogens is 3. The Hall–Kier alpha value is -2.36. The summed E-state index contributed by atoms with van der Waals surface area (Å²) in [7, 11) is 0. The number of nitrogens with one attached hydrogen (secondary N) is 1. The molecule has 1 N–H and O–H groups in total. The molecule has 0 saturated carbocycles. The minimum absolute atomic E-state index is 0.848. The monoisotopic (exact) mass is 252 g/mol. The Morgan fingerprint density at radius 3 is 2.63 bits per heavy atom. The van der Waals surface area contributed by atoms with Crippen molar-refractivity contribution in [1.29, 1.82) is 0 Å². The van der Waals surface area contributed by atoms with E-state index in [1.165, 1.54) is 5.56 Å². The minimum atomic E-state index is 0.848. The van der Waals surface area contributed by atoms with E-state index in [0.29, 0.717) is 0 Å². The fourth-order valence-electron chi connectivity index (χ4n) is 2.12. The van der Waals surface area contributed by atoms with Crippen LogP contribution in [0.2, 0.25) is 0 Å². The largest absolute Gasteiger partial charge is 0.367 e. The van der Waals surface area contributed by atoms with Gasteiger partial charge in [0.05, 0.1) is 0 Å². The van der Waals surface area contributed by atoms with Gasteiger partial charge in [-0.05, 0) is 18.4 Å². The highest BCUT2D eigenvalue weighted by atomic mass is 15.1. The van der Waals surface area contributed by atoms with E-state index in [0.717, 1.165) is 30.9 Å². The van der Waals surface area contributed by atoms with Crippen molar-refractivity contribution in [2.45, 2.75) is 12.8 Å². The Kier molecular flexibility index (Phi) is 3.40. The molecule has 0 amide bonds. The third-order valence-electron chi connectivity index (χ3n) is 3.09. The lowest BCUT2D eigenvalue weighted by atomic mass is 10.1. The highest BCUT2D eigenvalue weighted by Crippen LogP contribution is 2.11. The fourth-order valence-corrected chi connectivity index (χ4v) is 2.12. The van der Waals surface area contributed by atoms with Crippen molar-refractivity contribution in [3.63, 3.8) is 0 Å². The molecule has 0 unspecified atom stereocenters. The standard InChI is InChI=1S/C15H16N4/c1-2-5-13(6-3-1)7-4-8-16-14-15-18-10-12-19(15)11-9-17-14/h1-3,5-6,9-12H,4,7-8H2,(H,16,17). The summed E-state index contributed by atoms with van der Waals surface area (Å²) in [4.78, 5) is 8.62. The number of rotatable bonds is 5. The second-order valence-corrected chi connectivity index (χ2v) is 4.45. The molecule has 2 aromatic heterocycles. The van der Waals surface area contributed by atoms with Crippen LogP contribution in [0.4, 0.5) is 5.82 Å². The van der Waals surface area contributed by atoms with Gasteiger partial charge in [-0.2, -0.15) is 0 Å². The van der Waals surface area contributed by atoms with Crippen LogP contribution in [0.15, 0.2) is 55.1 Å². The average molecular weight is 252 g/mol. The molecule has 0 bridgehead atoms. The SMILES string of the molecule is c1ccc(CCCNc2nccn3ccnc23)cc1. The zero-order valence-electron chi connectivity index (χ0n) is 10.7. The van der Waals surface area contributed by atoms with Crippen molar-refractivity contribution >= 4 is 11.5 Å². The van der Waals surface area contributed by atoms with Crippen molar-refractivity contribution in [3.8, 4) is 0 Å². The van der Waals surface area contributed by atoms with Crippen molar-refractivity contribution in [2.24, 2.45) is 0 Å². The normalized spacial score (nSPS) is 10.7. The Bertz CT molecular complexity index is 645. The van der Waals surface area contributed by atoms with Gasteiger partial charge in [0.2, 0.25) is 0 Å². The summed E-state index contributed by atoms with van der Waals surface area (Å²) in [5, 5.41) is 3.35. The van der Waals surface area contributed by atoms with E-state index in [2.05, 4.69) is 39.6 Å². The summed E-state index contributed by atoms with van der Waals surface area (Å²) in [6.45, 7) is 0.897. The van der Waals surface area contributed by atoms with E-state index in [9.17, 15) is 0 Å². The Balaban J connectivity index is 1.57. The van der Waals surface area contributed by atoms with Gasteiger partial charge in [-0.25, -0.2) is 9.97 Å². The molecule has 4 heteroatoms. The van der Waals surface area contributed by atoms with E-state index in [1.54, 1.807) is 12.4 Å². The summed E-state index contributed by atoms with van der Waals surface area (Å²) >= 11 is 0. The summed E-state index contributed by atoms with van der Waals surface area (Å²) in [6, 6.07) is 10.5. The van der Waals surface area contributed by atoms with E-state index < -0.39 is 0 Å². The maximum atomic E-state index is 4.33. The Morgan fingerprint density at radius 1 is 1.00 bits per heavy atom. The molecule has 0 atom stereocenters. The van der Waals surface area contributed by atoms with Crippen molar-refractivity contribution in [1.82, 2.24) is 14.4 Å². The number of imidazole rings is 1. The van der Waals surface area contributed by atoms with Crippen LogP contribution in [0.1, 0.15) is 12.0 Å². The van der Waals surface area contributed by atoms with E-state index in [4.69, 9.17) is 0 Å². The van der Waals surface area contributed by atoms with Gasteiger partial charge in [-0.1, -0.05) is 30.3 Å². The summed E-state index contributed by atoms with van der Waals surface area (Å²) in [6.07, 6.45) is 9.54. The third-order valence-corrected chi connectivity index (χ3v) is 3.09. The zero-order chi connectivity index (χ0) is 12.9. The van der Waals surface area contributed by atoms with Crippen LogP contribution in [0, 0.1) is 0 Å². The van der Waals surface area contributed by atoms with Crippen LogP contribution in [-0.4, -0.2) is 20.9 Å². The number of aryl methyl sites for hydroxylation is 1. The molecule has 0 aliphatic heterocycles. The van der Waals surface area contributed by atoms with E-state index >= 15 is 0 Å². The lowest BCUT2D eigenvalue weighted by Gasteiger charge is -2.06. The molecular weight excluding hydrogens is 236 g/mol. The van der Waals surface area contributed by atoms with E-state index in [-0.39, 0.29) is 0 Å². The van der Waals surface area contributed by atoms with Crippen LogP contribution in [-0.2, 0) is 6.42 Å².